The van der Waals surface area contributed by atoms with Crippen LogP contribution in [0.4, 0.5) is 10.5 Å². The quantitative estimate of drug-likeness (QED) is 0.373. The van der Waals surface area contributed by atoms with Crippen LogP contribution < -0.4 is 19.9 Å². The molecule has 4 aliphatic carbocycles. The third-order valence-electron chi connectivity index (χ3n) is 12.2. The van der Waals surface area contributed by atoms with Gasteiger partial charge in [-0.15, -0.1) is 5.26 Å². The van der Waals surface area contributed by atoms with Crippen LogP contribution in [0.3, 0.4) is 0 Å². The summed E-state index contributed by atoms with van der Waals surface area (Å²) < 4.78 is 54.6. The molecule has 0 saturated carbocycles. The highest BCUT2D eigenvalue weighted by Gasteiger charge is 2.33. The van der Waals surface area contributed by atoms with Gasteiger partial charge in [0.05, 0.1) is 10.5 Å². The molecule has 56 heavy (non-hydrogen) atoms. The molecule has 16 heteroatoms. The number of rotatable bonds is 5. The van der Waals surface area contributed by atoms with Crippen molar-refractivity contribution >= 4 is 43.6 Å². The minimum atomic E-state index is -3.78. The number of likely N-dealkylation sites (tertiary alicyclic amines) is 2. The minimum Gasteiger partial charge on any atom is -0.387 e. The van der Waals surface area contributed by atoms with Crippen LogP contribution in [0.2, 0.25) is 0 Å². The number of amides is 4. The molecule has 4 N–H and O–H groups in total. The number of benzene rings is 2. The largest absolute Gasteiger partial charge is 0.387 e. The van der Waals surface area contributed by atoms with Crippen molar-refractivity contribution in [3.63, 3.8) is 0 Å². The third kappa shape index (κ3) is 9.49. The number of anilines is 1. The van der Waals surface area contributed by atoms with Gasteiger partial charge < -0.3 is 19.9 Å². The maximum atomic E-state index is 12.7. The summed E-state index contributed by atoms with van der Waals surface area (Å²) in [5.41, 5.74) is 11.2. The number of carbonyl (C=O) groups excluding carboxylic acids is 3. The average Bonchev–Trinajstić information content (AvgIpc) is 3.99. The number of ether oxygens (including phenoxy) is 1. The molecule has 2 heterocycles. The molecule has 8 rings (SSSR count). The van der Waals surface area contributed by atoms with Crippen LogP contribution in [0.1, 0.15) is 110 Å². The molecule has 6 aliphatic rings. The molecule has 2 aliphatic heterocycles. The van der Waals surface area contributed by atoms with Crippen LogP contribution in [0.25, 0.3) is 0 Å². The van der Waals surface area contributed by atoms with Crippen molar-refractivity contribution in [2.45, 2.75) is 127 Å². The molecule has 0 spiro atoms. The highest BCUT2D eigenvalue weighted by Crippen LogP contribution is 2.40. The van der Waals surface area contributed by atoms with E-state index in [0.29, 0.717) is 51.9 Å². The van der Waals surface area contributed by atoms with Gasteiger partial charge in [-0.05, 0) is 147 Å². The molecule has 2 aromatic carbocycles. The Morgan fingerprint density at radius 1 is 0.679 bits per heavy atom. The zero-order chi connectivity index (χ0) is 40.2. The van der Waals surface area contributed by atoms with Gasteiger partial charge in [0.15, 0.2) is 0 Å². The van der Waals surface area contributed by atoms with E-state index >= 15 is 0 Å². The second-order valence-electron chi connectivity index (χ2n) is 15.7. The maximum absolute atomic E-state index is 12.7. The Labute approximate surface area is 330 Å². The topological polar surface area (TPSA) is 209 Å². The molecule has 0 unspecified atom stereocenters. The van der Waals surface area contributed by atoms with E-state index in [-0.39, 0.29) is 11.8 Å². The van der Waals surface area contributed by atoms with Crippen molar-refractivity contribution in [2.24, 2.45) is 5.14 Å². The summed E-state index contributed by atoms with van der Waals surface area (Å²) in [6.07, 6.45) is 16.4. The second-order valence-corrected chi connectivity index (χ2v) is 19.5. The van der Waals surface area contributed by atoms with Crippen molar-refractivity contribution in [3.05, 3.63) is 56.6 Å². The number of carbonyl (C=O) groups is 3. The van der Waals surface area contributed by atoms with Gasteiger partial charge in [0.2, 0.25) is 31.9 Å². The predicted octanol–water partition coefficient (Wildman–Crippen LogP) is 3.94. The highest BCUT2D eigenvalue weighted by atomic mass is 32.2. The van der Waals surface area contributed by atoms with Crippen molar-refractivity contribution in [1.29, 1.82) is 5.26 Å². The molecule has 304 valence electrons. The molecule has 0 bridgehead atoms. The summed E-state index contributed by atoms with van der Waals surface area (Å²) in [5, 5.41) is 15.5. The van der Waals surface area contributed by atoms with Crippen LogP contribution in [-0.4, -0.2) is 81.2 Å². The summed E-state index contributed by atoms with van der Waals surface area (Å²) in [5.74, 6) is 0.848. The van der Waals surface area contributed by atoms with Crippen molar-refractivity contribution < 1.29 is 36.0 Å². The van der Waals surface area contributed by atoms with E-state index < -0.39 is 36.6 Å². The Kier molecular flexibility index (Phi) is 13.0. The van der Waals surface area contributed by atoms with E-state index in [9.17, 15) is 31.2 Å². The molecular formula is C40H54N6O8S2. The van der Waals surface area contributed by atoms with E-state index in [1.165, 1.54) is 71.2 Å². The molecule has 14 nitrogen and oxygen atoms in total. The fourth-order valence-corrected chi connectivity index (χ4v) is 11.4. The number of hydrogen-bond acceptors (Lipinski definition) is 9. The lowest BCUT2D eigenvalue weighted by Gasteiger charge is -2.30. The van der Waals surface area contributed by atoms with Crippen molar-refractivity contribution in [1.82, 2.24) is 14.5 Å². The summed E-state index contributed by atoms with van der Waals surface area (Å²) in [7, 11) is -7.19. The summed E-state index contributed by atoms with van der Waals surface area (Å²) in [6, 6.07) is 3.94. The third-order valence-corrected chi connectivity index (χ3v) is 15.4. The van der Waals surface area contributed by atoms with Gasteiger partial charge in [0.25, 0.3) is 6.26 Å². The molecular weight excluding hydrogens is 757 g/mol. The molecule has 0 radical (unpaired) electrons. The Balaban J connectivity index is 0.000000159. The number of nitrogens with zero attached hydrogens (tertiary/aromatic N) is 3. The number of fused-ring (bicyclic) bond motifs is 4. The van der Waals surface area contributed by atoms with Gasteiger partial charge in [0, 0.05) is 45.7 Å². The van der Waals surface area contributed by atoms with Gasteiger partial charge in [0.1, 0.15) is 5.75 Å². The smallest absolute Gasteiger partial charge is 0.332 e. The zero-order valence-corrected chi connectivity index (χ0v) is 34.1. The van der Waals surface area contributed by atoms with Crippen LogP contribution in [-0.2, 0) is 81.0 Å². The van der Waals surface area contributed by atoms with E-state index in [4.69, 9.17) is 15.1 Å². The molecule has 2 saturated heterocycles. The van der Waals surface area contributed by atoms with Crippen LogP contribution >= 0.6 is 0 Å². The molecule has 0 aromatic heterocycles. The van der Waals surface area contributed by atoms with Crippen molar-refractivity contribution in [3.8, 4) is 12.0 Å². The fourth-order valence-electron chi connectivity index (χ4n) is 9.23. The number of nitrogens with two attached hydrogens (primary N) is 1. The number of hydrogen-bond donors (Lipinski definition) is 3. The molecule has 2 aromatic rings. The Bertz CT molecular complexity index is 2050. The fraction of sp³-hybridized carbons (Fsp3) is 0.600. The van der Waals surface area contributed by atoms with Crippen LogP contribution in [0.5, 0.6) is 5.75 Å². The molecule has 2 fully saturated rings. The first-order chi connectivity index (χ1) is 26.7. The monoisotopic (exact) mass is 810 g/mol. The van der Waals surface area contributed by atoms with Crippen LogP contribution in [0, 0.1) is 11.5 Å². The number of primary sulfonamides is 1. The van der Waals surface area contributed by atoms with E-state index in [0.717, 1.165) is 75.6 Å². The average molecular weight is 811 g/mol. The van der Waals surface area contributed by atoms with Gasteiger partial charge in [-0.1, -0.05) is 12.1 Å². The number of sulfonamides is 2. The lowest BCUT2D eigenvalue weighted by molar-refractivity contribution is -0.130. The minimum absolute atomic E-state index is 0.00660. The second kappa shape index (κ2) is 17.5. The first kappa shape index (κ1) is 41.4. The molecule has 0 atom stereocenters. The van der Waals surface area contributed by atoms with E-state index in [2.05, 4.69) is 22.2 Å². The standard InChI is InChI=1S/C20H27N3O4S.C13H13NO.C7H14N2O3S/c1-13(24)23-10-8-16(9-11-23)28(26,27)22-20(25)21-19-17-6-2-4-14(17)12-15-5-3-7-18(15)19;14-8-15-13-11-5-1-3-9(11)7-10-4-2-6-12(10)13;1-6(10)9-4-2-7(3-5-9)13(8,11)12/h12,16H,2-11H2,1H3,(H2,21,22,25);7H,1-6H2;7H,2-5H2,1H3,(H2,8,11,12). The van der Waals surface area contributed by atoms with Crippen LogP contribution in [0.15, 0.2) is 12.1 Å². The number of nitriles is 1. The lowest BCUT2D eigenvalue weighted by Crippen LogP contribution is -2.47. The maximum Gasteiger partial charge on any atom is 0.332 e. The number of piperidine rings is 2. The predicted molar refractivity (Wildman–Crippen MR) is 212 cm³/mol. The number of nitrogens with one attached hydrogen (secondary N) is 2. The first-order valence-corrected chi connectivity index (χ1v) is 23.1. The normalized spacial score (nSPS) is 18.9. The van der Waals surface area contributed by atoms with Crippen molar-refractivity contribution in [2.75, 3.05) is 31.5 Å². The zero-order valence-electron chi connectivity index (χ0n) is 32.5. The lowest BCUT2D eigenvalue weighted by atomic mass is 9.99. The van der Waals surface area contributed by atoms with Gasteiger partial charge in [-0.2, -0.15) is 0 Å². The van der Waals surface area contributed by atoms with E-state index in [1.807, 2.05) is 6.26 Å². The summed E-state index contributed by atoms with van der Waals surface area (Å²) in [6.45, 7) is 4.77. The van der Waals surface area contributed by atoms with Gasteiger partial charge >= 0.3 is 6.03 Å². The van der Waals surface area contributed by atoms with Gasteiger partial charge in [-0.25, -0.2) is 31.5 Å². The molecule has 4 amide bonds. The Morgan fingerprint density at radius 2 is 1.07 bits per heavy atom. The van der Waals surface area contributed by atoms with E-state index in [1.54, 1.807) is 9.80 Å². The van der Waals surface area contributed by atoms with Gasteiger partial charge in [-0.3, -0.25) is 9.59 Å². The highest BCUT2D eigenvalue weighted by molar-refractivity contribution is 7.90. The first-order valence-electron chi connectivity index (χ1n) is 19.9. The summed E-state index contributed by atoms with van der Waals surface area (Å²) in [4.78, 5) is 38.2. The summed E-state index contributed by atoms with van der Waals surface area (Å²) >= 11 is 0. The SMILES string of the molecule is CC(=O)N1CCC(S(=O)(=O)NC(=O)Nc2c3c(cc4c2CCC4)CCC3)CC1.CC(=O)N1CCC(S(N)(=O)=O)CC1.N#COc1c2c(cc3c1CCC3)CCC2. The Hall–Kier alpha value is -4.20. The number of urea groups is 1. The number of aryl methyl sites for hydroxylation is 4. The Morgan fingerprint density at radius 3 is 1.46 bits per heavy atom.